The molecule has 1 aliphatic heterocycles. The zero-order valence-electron chi connectivity index (χ0n) is 24.2. The minimum atomic E-state index is -4.58. The fraction of sp³-hybridized carbons (Fsp3) is 0.355. The lowest BCUT2D eigenvalue weighted by Gasteiger charge is -2.36. The summed E-state index contributed by atoms with van der Waals surface area (Å²) in [6.07, 6.45) is -0.331. The molecule has 2 aromatic heterocycles. The molecule has 6 rings (SSSR count). The van der Waals surface area contributed by atoms with Crippen molar-refractivity contribution in [2.45, 2.75) is 51.7 Å². The van der Waals surface area contributed by atoms with Crippen molar-refractivity contribution in [2.75, 3.05) is 35.2 Å². The van der Waals surface area contributed by atoms with Crippen LogP contribution in [0.2, 0.25) is 0 Å². The third-order valence-electron chi connectivity index (χ3n) is 7.98. The summed E-state index contributed by atoms with van der Waals surface area (Å²) in [6, 6.07) is 12.7. The maximum atomic E-state index is 13.9. The molecule has 1 saturated carbocycles. The first kappa shape index (κ1) is 28.7. The highest BCUT2D eigenvalue weighted by Crippen LogP contribution is 2.40. The Kier molecular flexibility index (Phi) is 7.33. The van der Waals surface area contributed by atoms with Gasteiger partial charge in [-0.15, -0.1) is 0 Å². The molecule has 224 valence electrons. The minimum Gasteiger partial charge on any atom is -0.368 e. The average Bonchev–Trinajstić information content (AvgIpc) is 3.62. The molecule has 1 amide bonds. The predicted molar refractivity (Wildman–Crippen MR) is 159 cm³/mol. The Bertz CT molecular complexity index is 1680. The molecular weight excluding hydrogens is 557 g/mol. The number of aromatic nitrogens is 4. The van der Waals surface area contributed by atoms with Gasteiger partial charge in [0.2, 0.25) is 0 Å². The van der Waals surface area contributed by atoms with Crippen molar-refractivity contribution in [2.24, 2.45) is 0 Å². The smallest absolute Gasteiger partial charge is 0.368 e. The van der Waals surface area contributed by atoms with Gasteiger partial charge in [-0.05, 0) is 69.0 Å². The number of piperazine rings is 1. The molecule has 4 aromatic rings. The van der Waals surface area contributed by atoms with E-state index in [9.17, 15) is 18.0 Å². The van der Waals surface area contributed by atoms with Gasteiger partial charge in [0, 0.05) is 65.6 Å². The van der Waals surface area contributed by atoms with E-state index in [4.69, 9.17) is 0 Å². The molecule has 2 aliphatic rings. The first-order valence-corrected chi connectivity index (χ1v) is 14.3. The summed E-state index contributed by atoms with van der Waals surface area (Å²) >= 11 is 0. The number of amides is 1. The monoisotopic (exact) mass is 590 g/mol. The Morgan fingerprint density at radius 1 is 1.07 bits per heavy atom. The number of benzene rings is 2. The Morgan fingerprint density at radius 3 is 2.63 bits per heavy atom. The number of carbonyl (C=O) groups excluding carboxylic acids is 1. The van der Waals surface area contributed by atoms with Crippen LogP contribution in [0.3, 0.4) is 0 Å². The number of carbonyl (C=O) groups is 1. The molecule has 3 N–H and O–H groups in total. The van der Waals surface area contributed by atoms with E-state index < -0.39 is 17.6 Å². The third-order valence-corrected chi connectivity index (χ3v) is 7.98. The van der Waals surface area contributed by atoms with Crippen LogP contribution in [0.1, 0.15) is 52.6 Å². The molecular formula is C31H33F3N8O. The van der Waals surface area contributed by atoms with Crippen molar-refractivity contribution in [3.8, 4) is 5.82 Å². The molecule has 3 heterocycles. The van der Waals surface area contributed by atoms with E-state index in [1.807, 2.05) is 43.9 Å². The van der Waals surface area contributed by atoms with Crippen LogP contribution in [-0.2, 0) is 12.6 Å². The van der Waals surface area contributed by atoms with Crippen molar-refractivity contribution in [3.05, 3.63) is 82.9 Å². The van der Waals surface area contributed by atoms with Crippen LogP contribution in [0.5, 0.6) is 0 Å². The van der Waals surface area contributed by atoms with E-state index in [2.05, 4.69) is 31.0 Å². The van der Waals surface area contributed by atoms with Crippen molar-refractivity contribution in [1.29, 1.82) is 0 Å². The summed E-state index contributed by atoms with van der Waals surface area (Å²) < 4.78 is 43.4. The van der Waals surface area contributed by atoms with Gasteiger partial charge in [-0.2, -0.15) is 23.0 Å². The van der Waals surface area contributed by atoms with Crippen LogP contribution in [0.4, 0.5) is 36.1 Å². The highest BCUT2D eigenvalue weighted by Gasteiger charge is 2.45. The molecule has 0 unspecified atom stereocenters. The number of hydrogen-bond acceptors (Lipinski definition) is 7. The standard InChI is InChI=1S/C31H33F3N8O/c1-4-23-16-27(36-18-35-23)42-28(11-20(3)40-42)39-26-15-24(6-5-19(26)2)38-29(43)21-12-22(31(32,33)34)14-25(13-21)41-10-9-37-30(17-41)7-8-30/h5-6,11-16,18,37,39H,4,7-10,17H2,1-3H3,(H,38,43). The van der Waals surface area contributed by atoms with Gasteiger partial charge in [0.05, 0.1) is 11.3 Å². The van der Waals surface area contributed by atoms with Crippen molar-refractivity contribution < 1.29 is 18.0 Å². The van der Waals surface area contributed by atoms with E-state index >= 15 is 0 Å². The van der Waals surface area contributed by atoms with Crippen LogP contribution in [-0.4, -0.2) is 50.8 Å². The molecule has 1 aliphatic carbocycles. The first-order chi connectivity index (χ1) is 20.5. The van der Waals surface area contributed by atoms with E-state index in [0.29, 0.717) is 48.3 Å². The van der Waals surface area contributed by atoms with Crippen LogP contribution < -0.4 is 20.9 Å². The number of hydrogen-bond donors (Lipinski definition) is 3. The number of nitrogens with one attached hydrogen (secondary N) is 3. The number of rotatable bonds is 7. The summed E-state index contributed by atoms with van der Waals surface area (Å²) in [5, 5.41) is 14.2. The van der Waals surface area contributed by atoms with Crippen molar-refractivity contribution in [3.63, 3.8) is 0 Å². The molecule has 0 bridgehead atoms. The SMILES string of the molecule is CCc1cc(-n2nc(C)cc2Nc2cc(NC(=O)c3cc(N4CCNC5(CC5)C4)cc(C(F)(F)F)c3)ccc2C)ncn1. The van der Waals surface area contributed by atoms with Gasteiger partial charge in [-0.1, -0.05) is 13.0 Å². The lowest BCUT2D eigenvalue weighted by atomic mass is 10.1. The Labute approximate surface area is 247 Å². The number of halogens is 3. The normalized spacial score (nSPS) is 15.9. The second kappa shape index (κ2) is 11.0. The van der Waals surface area contributed by atoms with Crippen molar-refractivity contribution >= 4 is 28.8 Å². The van der Waals surface area contributed by atoms with E-state index in [1.54, 1.807) is 22.9 Å². The Balaban J connectivity index is 1.26. The molecule has 2 fully saturated rings. The van der Waals surface area contributed by atoms with E-state index in [0.717, 1.165) is 48.3 Å². The zero-order valence-corrected chi connectivity index (χ0v) is 24.2. The molecule has 0 atom stereocenters. The van der Waals surface area contributed by atoms with Gasteiger partial charge in [0.25, 0.3) is 5.91 Å². The molecule has 43 heavy (non-hydrogen) atoms. The largest absolute Gasteiger partial charge is 0.416 e. The highest BCUT2D eigenvalue weighted by atomic mass is 19.4. The molecule has 9 nitrogen and oxygen atoms in total. The topological polar surface area (TPSA) is 100 Å². The Hall–Kier alpha value is -4.45. The number of alkyl halides is 3. The van der Waals surface area contributed by atoms with Crippen LogP contribution in [0.15, 0.2) is 54.9 Å². The number of nitrogens with zero attached hydrogens (tertiary/aromatic N) is 5. The lowest BCUT2D eigenvalue weighted by molar-refractivity contribution is -0.137. The molecule has 2 aromatic carbocycles. The van der Waals surface area contributed by atoms with Gasteiger partial charge >= 0.3 is 6.18 Å². The van der Waals surface area contributed by atoms with Crippen LogP contribution in [0.25, 0.3) is 5.82 Å². The number of aryl methyl sites for hydroxylation is 3. The minimum absolute atomic E-state index is 0.0279. The van der Waals surface area contributed by atoms with Gasteiger partial charge in [-0.3, -0.25) is 4.79 Å². The second-order valence-electron chi connectivity index (χ2n) is 11.3. The van der Waals surface area contributed by atoms with E-state index in [1.165, 1.54) is 6.33 Å². The van der Waals surface area contributed by atoms with E-state index in [-0.39, 0.29) is 11.1 Å². The molecule has 0 radical (unpaired) electrons. The van der Waals surface area contributed by atoms with Gasteiger partial charge < -0.3 is 20.9 Å². The summed E-state index contributed by atoms with van der Waals surface area (Å²) in [4.78, 5) is 23.9. The van der Waals surface area contributed by atoms with Crippen LogP contribution in [0, 0.1) is 13.8 Å². The fourth-order valence-corrected chi connectivity index (χ4v) is 5.38. The number of anilines is 4. The second-order valence-corrected chi connectivity index (χ2v) is 11.3. The zero-order chi connectivity index (χ0) is 30.4. The van der Waals surface area contributed by atoms with Crippen LogP contribution >= 0.6 is 0 Å². The lowest BCUT2D eigenvalue weighted by Crippen LogP contribution is -2.52. The maximum Gasteiger partial charge on any atom is 0.416 e. The average molecular weight is 591 g/mol. The fourth-order valence-electron chi connectivity index (χ4n) is 5.38. The predicted octanol–water partition coefficient (Wildman–Crippen LogP) is 5.80. The highest BCUT2D eigenvalue weighted by molar-refractivity contribution is 6.05. The van der Waals surface area contributed by atoms with Crippen molar-refractivity contribution in [1.82, 2.24) is 25.1 Å². The molecule has 12 heteroatoms. The summed E-state index contributed by atoms with van der Waals surface area (Å²) in [5.74, 6) is 0.659. The summed E-state index contributed by atoms with van der Waals surface area (Å²) in [7, 11) is 0. The maximum absolute atomic E-state index is 13.9. The van der Waals surface area contributed by atoms with Gasteiger partial charge in [0.1, 0.15) is 12.1 Å². The third kappa shape index (κ3) is 6.19. The summed E-state index contributed by atoms with van der Waals surface area (Å²) in [6.45, 7) is 7.68. The quantitative estimate of drug-likeness (QED) is 0.250. The molecule has 1 spiro atoms. The summed E-state index contributed by atoms with van der Waals surface area (Å²) in [5.41, 5.74) is 3.17. The Morgan fingerprint density at radius 2 is 1.88 bits per heavy atom. The first-order valence-electron chi connectivity index (χ1n) is 14.3. The van der Waals surface area contributed by atoms with Gasteiger partial charge in [0.15, 0.2) is 5.82 Å². The van der Waals surface area contributed by atoms with Gasteiger partial charge in [-0.25, -0.2) is 9.97 Å². The molecule has 1 saturated heterocycles.